The molecule has 148 valence electrons. The van der Waals surface area contributed by atoms with Crippen LogP contribution < -0.4 is 15.6 Å². The number of nitro benzene ring substituents is 1. The lowest BCUT2D eigenvalue weighted by molar-refractivity contribution is -0.384. The number of carbonyl (C=O) groups is 1. The number of amides is 1. The first-order valence-electron chi connectivity index (χ1n) is 8.46. The monoisotopic (exact) mass is 413 g/mol. The van der Waals surface area contributed by atoms with Crippen LogP contribution in [-0.2, 0) is 6.54 Å². The fourth-order valence-corrected chi connectivity index (χ4v) is 2.94. The van der Waals surface area contributed by atoms with Gasteiger partial charge in [-0.25, -0.2) is 0 Å². The van der Waals surface area contributed by atoms with Crippen LogP contribution >= 0.6 is 11.6 Å². The van der Waals surface area contributed by atoms with Gasteiger partial charge in [0.1, 0.15) is 11.3 Å². The molecule has 3 aromatic rings. The van der Waals surface area contributed by atoms with Crippen molar-refractivity contribution in [2.45, 2.75) is 6.54 Å². The molecule has 0 aliphatic rings. The van der Waals surface area contributed by atoms with Gasteiger partial charge in [0.15, 0.2) is 0 Å². The Balaban J connectivity index is 1.88. The molecule has 9 heteroatoms. The van der Waals surface area contributed by atoms with E-state index in [1.165, 1.54) is 42.1 Å². The first kappa shape index (κ1) is 20.1. The maximum Gasteiger partial charge on any atom is 0.269 e. The normalized spacial score (nSPS) is 10.4. The summed E-state index contributed by atoms with van der Waals surface area (Å²) in [5.41, 5.74) is 0.212. The van der Waals surface area contributed by atoms with Crippen LogP contribution in [0.15, 0.2) is 65.6 Å². The molecule has 0 aliphatic carbocycles. The quantitative estimate of drug-likeness (QED) is 0.490. The number of methoxy groups -OCH3 is 1. The van der Waals surface area contributed by atoms with Gasteiger partial charge in [0.05, 0.1) is 24.3 Å². The Kier molecular flexibility index (Phi) is 5.94. The molecular weight excluding hydrogens is 398 g/mol. The van der Waals surface area contributed by atoms with Gasteiger partial charge in [0, 0.05) is 23.4 Å². The Labute approximate surface area is 170 Å². The highest BCUT2D eigenvalue weighted by Crippen LogP contribution is 2.27. The maximum atomic E-state index is 12.8. The lowest BCUT2D eigenvalue weighted by Gasteiger charge is -2.11. The van der Waals surface area contributed by atoms with Gasteiger partial charge < -0.3 is 14.6 Å². The van der Waals surface area contributed by atoms with E-state index < -0.39 is 16.4 Å². The van der Waals surface area contributed by atoms with E-state index in [0.717, 1.165) is 0 Å². The van der Waals surface area contributed by atoms with Crippen LogP contribution in [0.4, 0.5) is 11.4 Å². The molecule has 1 N–H and O–H groups in total. The van der Waals surface area contributed by atoms with Gasteiger partial charge in [-0.3, -0.25) is 19.7 Å². The molecule has 1 heterocycles. The van der Waals surface area contributed by atoms with Crippen LogP contribution in [0.25, 0.3) is 0 Å². The average molecular weight is 414 g/mol. The second kappa shape index (κ2) is 8.57. The summed E-state index contributed by atoms with van der Waals surface area (Å²) in [5, 5.41) is 14.0. The number of carbonyl (C=O) groups excluding carboxylic acids is 1. The highest BCUT2D eigenvalue weighted by atomic mass is 35.5. The lowest BCUT2D eigenvalue weighted by atomic mass is 10.2. The number of non-ortho nitro benzene ring substituents is 1. The van der Waals surface area contributed by atoms with Gasteiger partial charge in [-0.05, 0) is 35.9 Å². The number of benzene rings is 2. The van der Waals surface area contributed by atoms with Crippen molar-refractivity contribution >= 4 is 28.9 Å². The SMILES string of the molecule is COc1ccc(Cl)cc1NC(=O)c1cccn(Cc2cccc([N+](=O)[O-])c2)c1=O. The number of rotatable bonds is 6. The van der Waals surface area contributed by atoms with E-state index in [1.54, 1.807) is 30.3 Å². The Bertz CT molecular complexity index is 1140. The molecule has 3 rings (SSSR count). The van der Waals surface area contributed by atoms with E-state index in [0.29, 0.717) is 22.0 Å². The van der Waals surface area contributed by atoms with Crippen LogP contribution in [0, 0.1) is 10.1 Å². The number of nitro groups is 1. The van der Waals surface area contributed by atoms with Gasteiger partial charge >= 0.3 is 0 Å². The molecule has 0 radical (unpaired) electrons. The predicted molar refractivity (Wildman–Crippen MR) is 109 cm³/mol. The summed E-state index contributed by atoms with van der Waals surface area (Å²) < 4.78 is 6.50. The zero-order valence-corrected chi connectivity index (χ0v) is 16.1. The maximum absolute atomic E-state index is 12.8. The summed E-state index contributed by atoms with van der Waals surface area (Å²) in [4.78, 5) is 35.8. The molecule has 0 atom stereocenters. The number of hydrogen-bond donors (Lipinski definition) is 1. The molecule has 0 bridgehead atoms. The zero-order chi connectivity index (χ0) is 21.0. The predicted octanol–water partition coefficient (Wildman–Crippen LogP) is 3.72. The number of halogens is 1. The molecule has 1 aromatic heterocycles. The second-order valence-electron chi connectivity index (χ2n) is 6.08. The minimum atomic E-state index is -0.621. The Morgan fingerprint density at radius 3 is 2.72 bits per heavy atom. The summed E-state index contributed by atoms with van der Waals surface area (Å²) in [6.07, 6.45) is 1.51. The Morgan fingerprint density at radius 1 is 1.21 bits per heavy atom. The molecule has 2 aromatic carbocycles. The highest BCUT2D eigenvalue weighted by Gasteiger charge is 2.15. The molecule has 0 spiro atoms. The van der Waals surface area contributed by atoms with E-state index in [2.05, 4.69) is 5.32 Å². The van der Waals surface area contributed by atoms with Crippen molar-refractivity contribution in [3.8, 4) is 5.75 Å². The Hall–Kier alpha value is -3.65. The van der Waals surface area contributed by atoms with Crippen molar-refractivity contribution in [2.24, 2.45) is 0 Å². The van der Waals surface area contributed by atoms with Crippen LogP contribution in [0.3, 0.4) is 0 Å². The van der Waals surface area contributed by atoms with Crippen molar-refractivity contribution < 1.29 is 14.5 Å². The number of nitrogens with one attached hydrogen (secondary N) is 1. The van der Waals surface area contributed by atoms with Crippen LogP contribution in [0.1, 0.15) is 15.9 Å². The third kappa shape index (κ3) is 4.61. The van der Waals surface area contributed by atoms with Crippen molar-refractivity contribution in [1.29, 1.82) is 0 Å². The topological polar surface area (TPSA) is 103 Å². The van der Waals surface area contributed by atoms with E-state index in [1.807, 2.05) is 0 Å². The number of nitrogens with zero attached hydrogens (tertiary/aromatic N) is 2. The van der Waals surface area contributed by atoms with Gasteiger partial charge in [-0.15, -0.1) is 0 Å². The third-order valence-corrected chi connectivity index (χ3v) is 4.38. The Morgan fingerprint density at radius 2 is 2.00 bits per heavy atom. The van der Waals surface area contributed by atoms with E-state index >= 15 is 0 Å². The van der Waals surface area contributed by atoms with Crippen molar-refractivity contribution in [3.63, 3.8) is 0 Å². The molecule has 0 fully saturated rings. The smallest absolute Gasteiger partial charge is 0.269 e. The van der Waals surface area contributed by atoms with E-state index in [4.69, 9.17) is 16.3 Å². The van der Waals surface area contributed by atoms with Gasteiger partial charge in [0.25, 0.3) is 17.2 Å². The van der Waals surface area contributed by atoms with Crippen LogP contribution in [0.5, 0.6) is 5.75 Å². The van der Waals surface area contributed by atoms with Crippen LogP contribution in [0.2, 0.25) is 5.02 Å². The third-order valence-electron chi connectivity index (χ3n) is 4.15. The largest absolute Gasteiger partial charge is 0.495 e. The van der Waals surface area contributed by atoms with Gasteiger partial charge in [-0.2, -0.15) is 0 Å². The molecular formula is C20H16ClN3O5. The lowest BCUT2D eigenvalue weighted by Crippen LogP contribution is -2.29. The van der Waals surface area contributed by atoms with Gasteiger partial charge in [0.2, 0.25) is 0 Å². The summed E-state index contributed by atoms with van der Waals surface area (Å²) in [7, 11) is 1.45. The molecule has 1 amide bonds. The fourth-order valence-electron chi connectivity index (χ4n) is 2.77. The number of anilines is 1. The minimum Gasteiger partial charge on any atom is -0.495 e. The molecule has 0 saturated carbocycles. The first-order chi connectivity index (χ1) is 13.9. The summed E-state index contributed by atoms with van der Waals surface area (Å²) in [6.45, 7) is 0.0854. The highest BCUT2D eigenvalue weighted by molar-refractivity contribution is 6.31. The second-order valence-corrected chi connectivity index (χ2v) is 6.52. The number of aromatic nitrogens is 1. The van der Waals surface area contributed by atoms with Crippen LogP contribution in [-0.4, -0.2) is 22.5 Å². The molecule has 0 aliphatic heterocycles. The fraction of sp³-hybridized carbons (Fsp3) is 0.100. The average Bonchev–Trinajstić information content (AvgIpc) is 2.70. The van der Waals surface area contributed by atoms with E-state index in [-0.39, 0.29) is 17.8 Å². The molecule has 0 saturated heterocycles. The van der Waals surface area contributed by atoms with Crippen molar-refractivity contribution in [1.82, 2.24) is 4.57 Å². The summed E-state index contributed by atoms with van der Waals surface area (Å²) in [5.74, 6) is -0.223. The minimum absolute atomic E-state index is 0.0718. The number of pyridine rings is 1. The molecule has 8 nitrogen and oxygen atoms in total. The van der Waals surface area contributed by atoms with Crippen molar-refractivity contribution in [3.05, 3.63) is 97.4 Å². The first-order valence-corrected chi connectivity index (χ1v) is 8.84. The standard InChI is InChI=1S/C20H16ClN3O5/c1-29-18-8-7-14(21)11-17(18)22-19(25)16-6-3-9-23(20(16)26)12-13-4-2-5-15(10-13)24(27)28/h2-11H,12H2,1H3,(H,22,25). The number of ether oxygens (including phenoxy) is 1. The molecule has 29 heavy (non-hydrogen) atoms. The van der Waals surface area contributed by atoms with Crippen molar-refractivity contribution in [2.75, 3.05) is 12.4 Å². The zero-order valence-electron chi connectivity index (χ0n) is 15.3. The number of hydrogen-bond acceptors (Lipinski definition) is 5. The molecule has 0 unspecified atom stereocenters. The summed E-state index contributed by atoms with van der Waals surface area (Å²) in [6, 6.07) is 13.7. The summed E-state index contributed by atoms with van der Waals surface area (Å²) >= 11 is 5.96. The van der Waals surface area contributed by atoms with Gasteiger partial charge in [-0.1, -0.05) is 23.7 Å². The van der Waals surface area contributed by atoms with E-state index in [9.17, 15) is 19.7 Å².